The first-order valence-electron chi connectivity index (χ1n) is 4.78. The van der Waals surface area contributed by atoms with Gasteiger partial charge in [-0.05, 0) is 35.5 Å². The lowest BCUT2D eigenvalue weighted by Crippen LogP contribution is -1.93. The smallest absolute Gasteiger partial charge is 0.190 e. The van der Waals surface area contributed by atoms with E-state index in [2.05, 4.69) is 33.7 Å². The Hall–Kier alpha value is -0.850. The van der Waals surface area contributed by atoms with E-state index in [0.29, 0.717) is 5.82 Å². The van der Waals surface area contributed by atoms with Crippen molar-refractivity contribution in [3.63, 3.8) is 0 Å². The SMILES string of the molecule is CCCCCC#Cc1nc(Cl)nc(Cl)n1. The highest BCUT2D eigenvalue weighted by Crippen LogP contribution is 2.05. The topological polar surface area (TPSA) is 38.7 Å². The molecule has 15 heavy (non-hydrogen) atoms. The van der Waals surface area contributed by atoms with Crippen LogP contribution in [0, 0.1) is 11.8 Å². The van der Waals surface area contributed by atoms with Gasteiger partial charge >= 0.3 is 0 Å². The highest BCUT2D eigenvalue weighted by molar-refractivity contribution is 6.31. The molecule has 0 aliphatic carbocycles. The second kappa shape index (κ2) is 6.60. The maximum Gasteiger partial charge on any atom is 0.227 e. The van der Waals surface area contributed by atoms with Gasteiger partial charge in [-0.25, -0.2) is 0 Å². The lowest BCUT2D eigenvalue weighted by atomic mass is 10.2. The molecule has 0 aliphatic heterocycles. The summed E-state index contributed by atoms with van der Waals surface area (Å²) in [6.07, 6.45) is 4.31. The number of nitrogens with zero attached hydrogens (tertiary/aromatic N) is 3. The lowest BCUT2D eigenvalue weighted by molar-refractivity contribution is 0.737. The standard InChI is InChI=1S/C10H11Cl2N3/c1-2-3-4-5-6-7-8-13-9(11)15-10(12)14-8/h2-5H2,1H3. The van der Waals surface area contributed by atoms with Crippen molar-refractivity contribution in [3.05, 3.63) is 16.4 Å². The van der Waals surface area contributed by atoms with Crippen molar-refractivity contribution in [2.45, 2.75) is 32.6 Å². The Kier molecular flexibility index (Phi) is 5.38. The van der Waals surface area contributed by atoms with Gasteiger partial charge in [0.15, 0.2) is 0 Å². The number of unbranched alkanes of at least 4 members (excludes halogenated alkanes) is 3. The van der Waals surface area contributed by atoms with Crippen LogP contribution < -0.4 is 0 Å². The average Bonchev–Trinajstić information content (AvgIpc) is 2.16. The minimum Gasteiger partial charge on any atom is -0.190 e. The summed E-state index contributed by atoms with van der Waals surface area (Å²) in [6.45, 7) is 2.15. The molecule has 1 aromatic heterocycles. The fourth-order valence-electron chi connectivity index (χ4n) is 0.987. The highest BCUT2D eigenvalue weighted by Gasteiger charge is 1.98. The Morgan fingerprint density at radius 2 is 1.73 bits per heavy atom. The first kappa shape index (κ1) is 12.2. The Morgan fingerprint density at radius 1 is 1.07 bits per heavy atom. The summed E-state index contributed by atoms with van der Waals surface area (Å²) in [5, 5.41) is 0.153. The van der Waals surface area contributed by atoms with Crippen LogP contribution in [0.4, 0.5) is 0 Å². The molecular weight excluding hydrogens is 233 g/mol. The molecule has 0 radical (unpaired) electrons. The molecule has 0 aromatic carbocycles. The zero-order chi connectivity index (χ0) is 11.1. The maximum atomic E-state index is 5.60. The zero-order valence-corrected chi connectivity index (χ0v) is 9.94. The molecule has 0 atom stereocenters. The van der Waals surface area contributed by atoms with E-state index in [1.165, 1.54) is 12.8 Å². The van der Waals surface area contributed by atoms with Crippen molar-refractivity contribution in [1.82, 2.24) is 15.0 Å². The summed E-state index contributed by atoms with van der Waals surface area (Å²) in [7, 11) is 0. The average molecular weight is 244 g/mol. The Morgan fingerprint density at radius 3 is 2.33 bits per heavy atom. The zero-order valence-electron chi connectivity index (χ0n) is 8.43. The van der Waals surface area contributed by atoms with Gasteiger partial charge < -0.3 is 0 Å². The Bertz CT molecular complexity index is 362. The molecule has 3 nitrogen and oxygen atoms in total. The Balaban J connectivity index is 2.55. The van der Waals surface area contributed by atoms with Gasteiger partial charge in [-0.1, -0.05) is 25.7 Å². The van der Waals surface area contributed by atoms with Crippen molar-refractivity contribution in [2.24, 2.45) is 0 Å². The molecule has 1 heterocycles. The van der Waals surface area contributed by atoms with Gasteiger partial charge in [-0.2, -0.15) is 15.0 Å². The van der Waals surface area contributed by atoms with Crippen LogP contribution in [0.1, 0.15) is 38.4 Å². The molecular formula is C10H11Cl2N3. The fourth-order valence-corrected chi connectivity index (χ4v) is 1.35. The third kappa shape index (κ3) is 4.96. The summed E-state index contributed by atoms with van der Waals surface area (Å²) >= 11 is 11.2. The molecule has 80 valence electrons. The molecule has 5 heteroatoms. The second-order valence-corrected chi connectivity index (χ2v) is 3.63. The molecule has 0 aliphatic rings. The van der Waals surface area contributed by atoms with Crippen molar-refractivity contribution in [2.75, 3.05) is 0 Å². The summed E-state index contributed by atoms with van der Waals surface area (Å²) < 4.78 is 0. The van der Waals surface area contributed by atoms with E-state index in [1.54, 1.807) is 0 Å². The number of rotatable bonds is 3. The van der Waals surface area contributed by atoms with Gasteiger partial charge in [0.25, 0.3) is 0 Å². The predicted octanol–water partition coefficient (Wildman–Crippen LogP) is 3.11. The summed E-state index contributed by atoms with van der Waals surface area (Å²) in [5.74, 6) is 6.11. The molecule has 0 bridgehead atoms. The van der Waals surface area contributed by atoms with E-state index in [0.717, 1.165) is 12.8 Å². The highest BCUT2D eigenvalue weighted by atomic mass is 35.5. The predicted molar refractivity (Wildman–Crippen MR) is 60.9 cm³/mol. The van der Waals surface area contributed by atoms with Crippen LogP contribution in [-0.4, -0.2) is 15.0 Å². The van der Waals surface area contributed by atoms with E-state index in [1.807, 2.05) is 0 Å². The van der Waals surface area contributed by atoms with Crippen molar-refractivity contribution in [1.29, 1.82) is 0 Å². The summed E-state index contributed by atoms with van der Waals surface area (Å²) in [4.78, 5) is 11.3. The third-order valence-electron chi connectivity index (χ3n) is 1.69. The molecule has 1 rings (SSSR count). The number of halogens is 2. The number of hydrogen-bond acceptors (Lipinski definition) is 3. The van der Waals surface area contributed by atoms with Crippen molar-refractivity contribution in [3.8, 4) is 11.8 Å². The quantitative estimate of drug-likeness (QED) is 0.605. The van der Waals surface area contributed by atoms with E-state index in [4.69, 9.17) is 23.2 Å². The first-order valence-corrected chi connectivity index (χ1v) is 5.54. The largest absolute Gasteiger partial charge is 0.227 e. The minimum atomic E-state index is 0.0767. The van der Waals surface area contributed by atoms with Crippen LogP contribution in [0.5, 0.6) is 0 Å². The molecule has 0 spiro atoms. The van der Waals surface area contributed by atoms with Crippen LogP contribution in [0.2, 0.25) is 10.6 Å². The van der Waals surface area contributed by atoms with Crippen molar-refractivity contribution >= 4 is 23.2 Å². The monoisotopic (exact) mass is 243 g/mol. The summed E-state index contributed by atoms with van der Waals surface area (Å²) in [5.41, 5.74) is 0. The van der Waals surface area contributed by atoms with Crippen LogP contribution in [0.3, 0.4) is 0 Å². The second-order valence-electron chi connectivity index (χ2n) is 2.96. The number of aromatic nitrogens is 3. The van der Waals surface area contributed by atoms with Gasteiger partial charge in [-0.3, -0.25) is 0 Å². The van der Waals surface area contributed by atoms with Crippen LogP contribution in [-0.2, 0) is 0 Å². The van der Waals surface area contributed by atoms with Gasteiger partial charge in [-0.15, -0.1) is 0 Å². The molecule has 0 fully saturated rings. The van der Waals surface area contributed by atoms with Crippen LogP contribution in [0.15, 0.2) is 0 Å². The van der Waals surface area contributed by atoms with Crippen LogP contribution in [0.25, 0.3) is 0 Å². The van der Waals surface area contributed by atoms with Gasteiger partial charge in [0.2, 0.25) is 16.4 Å². The fraction of sp³-hybridized carbons (Fsp3) is 0.500. The summed E-state index contributed by atoms with van der Waals surface area (Å²) in [6, 6.07) is 0. The minimum absolute atomic E-state index is 0.0767. The van der Waals surface area contributed by atoms with E-state index in [-0.39, 0.29) is 10.6 Å². The lowest BCUT2D eigenvalue weighted by Gasteiger charge is -1.92. The maximum absolute atomic E-state index is 5.60. The molecule has 0 saturated heterocycles. The first-order chi connectivity index (χ1) is 7.22. The molecule has 0 unspecified atom stereocenters. The number of hydrogen-bond donors (Lipinski definition) is 0. The molecule has 0 amide bonds. The van der Waals surface area contributed by atoms with E-state index >= 15 is 0 Å². The van der Waals surface area contributed by atoms with Gasteiger partial charge in [0.1, 0.15) is 0 Å². The van der Waals surface area contributed by atoms with Crippen molar-refractivity contribution < 1.29 is 0 Å². The van der Waals surface area contributed by atoms with Gasteiger partial charge in [0.05, 0.1) is 0 Å². The molecule has 1 aromatic rings. The van der Waals surface area contributed by atoms with Gasteiger partial charge in [0, 0.05) is 6.42 Å². The molecule has 0 N–H and O–H groups in total. The van der Waals surface area contributed by atoms with Crippen LogP contribution >= 0.6 is 23.2 Å². The van der Waals surface area contributed by atoms with E-state index in [9.17, 15) is 0 Å². The van der Waals surface area contributed by atoms with E-state index < -0.39 is 0 Å². The normalized spacial score (nSPS) is 9.53. The molecule has 0 saturated carbocycles. The Labute approximate surface area is 99.3 Å². The third-order valence-corrected chi connectivity index (χ3v) is 2.02.